The molecular formula is C19H30O. The zero-order valence-corrected chi connectivity index (χ0v) is 13.7. The highest BCUT2D eigenvalue weighted by Gasteiger charge is 2.48. The van der Waals surface area contributed by atoms with E-state index in [1.165, 1.54) is 32.1 Å². The van der Waals surface area contributed by atoms with Crippen LogP contribution in [0, 0.1) is 22.7 Å². The van der Waals surface area contributed by atoms with Gasteiger partial charge in [0.15, 0.2) is 0 Å². The number of hydrogen-bond acceptors (Lipinski definition) is 1. The zero-order chi connectivity index (χ0) is 14.5. The zero-order valence-electron chi connectivity index (χ0n) is 13.7. The second kappa shape index (κ2) is 4.71. The van der Waals surface area contributed by atoms with Crippen LogP contribution in [-0.4, -0.2) is 5.78 Å². The molecule has 0 aromatic carbocycles. The molecule has 0 unspecified atom stereocenters. The third-order valence-corrected chi connectivity index (χ3v) is 7.05. The normalized spacial score (nSPS) is 40.9. The van der Waals surface area contributed by atoms with Crippen LogP contribution < -0.4 is 0 Å². The molecule has 0 aromatic heterocycles. The van der Waals surface area contributed by atoms with Gasteiger partial charge < -0.3 is 0 Å². The Kier molecular flexibility index (Phi) is 3.38. The first-order valence-electron chi connectivity index (χ1n) is 8.56. The molecule has 3 rings (SSSR count). The van der Waals surface area contributed by atoms with Gasteiger partial charge in [-0.25, -0.2) is 0 Å². The topological polar surface area (TPSA) is 17.1 Å². The molecule has 0 aliphatic heterocycles. The summed E-state index contributed by atoms with van der Waals surface area (Å²) in [7, 11) is 0. The van der Waals surface area contributed by atoms with Gasteiger partial charge >= 0.3 is 0 Å². The van der Waals surface area contributed by atoms with Gasteiger partial charge in [0.25, 0.3) is 0 Å². The first-order chi connectivity index (χ1) is 9.34. The van der Waals surface area contributed by atoms with Crippen LogP contribution in [0.2, 0.25) is 0 Å². The number of ketones is 1. The van der Waals surface area contributed by atoms with Crippen LogP contribution >= 0.6 is 0 Å². The molecule has 0 amide bonds. The predicted octanol–water partition coefficient (Wildman–Crippen LogP) is 5.30. The van der Waals surface area contributed by atoms with E-state index in [0.29, 0.717) is 23.0 Å². The molecule has 0 aromatic rings. The van der Waals surface area contributed by atoms with E-state index in [2.05, 4.69) is 27.7 Å². The number of rotatable bonds is 0. The molecule has 3 aliphatic rings. The standard InChI is InChI=1S/C19H30O/c1-13-7-8-14-12-16-17(20)6-5-10-19(16,4)11-9-15(13)18(14,2)3/h14,16H,5-12H2,1-4H3/t14-,16+,19-/m0/s1. The summed E-state index contributed by atoms with van der Waals surface area (Å²) in [4.78, 5) is 12.5. The van der Waals surface area contributed by atoms with Crippen LogP contribution in [0.1, 0.15) is 79.1 Å². The Hall–Kier alpha value is -0.590. The van der Waals surface area contributed by atoms with Crippen molar-refractivity contribution in [2.45, 2.75) is 79.1 Å². The molecule has 0 radical (unpaired) electrons. The summed E-state index contributed by atoms with van der Waals surface area (Å²) >= 11 is 0. The van der Waals surface area contributed by atoms with Gasteiger partial charge in [0.05, 0.1) is 0 Å². The summed E-state index contributed by atoms with van der Waals surface area (Å²) in [5.74, 6) is 1.64. The monoisotopic (exact) mass is 274 g/mol. The number of allylic oxidation sites excluding steroid dienone is 2. The average Bonchev–Trinajstić information content (AvgIpc) is 2.35. The second-order valence-corrected chi connectivity index (χ2v) is 8.48. The van der Waals surface area contributed by atoms with E-state index >= 15 is 0 Å². The van der Waals surface area contributed by atoms with Crippen LogP contribution in [-0.2, 0) is 4.79 Å². The van der Waals surface area contributed by atoms with Gasteiger partial charge in [0.2, 0.25) is 0 Å². The molecule has 0 N–H and O–H groups in total. The van der Waals surface area contributed by atoms with E-state index in [9.17, 15) is 4.79 Å². The van der Waals surface area contributed by atoms with Crippen molar-refractivity contribution < 1.29 is 4.79 Å². The molecule has 112 valence electrons. The highest BCUT2D eigenvalue weighted by atomic mass is 16.1. The second-order valence-electron chi connectivity index (χ2n) is 8.48. The first kappa shape index (κ1) is 14.4. The maximum absolute atomic E-state index is 12.5. The Balaban J connectivity index is 1.99. The lowest BCUT2D eigenvalue weighted by Crippen LogP contribution is -2.44. The Bertz CT molecular complexity index is 456. The summed E-state index contributed by atoms with van der Waals surface area (Å²) in [6, 6.07) is 0. The van der Waals surface area contributed by atoms with E-state index in [-0.39, 0.29) is 5.41 Å². The molecule has 1 heteroatoms. The number of fused-ring (bicyclic) bond motifs is 3. The van der Waals surface area contributed by atoms with Crippen molar-refractivity contribution in [3.05, 3.63) is 11.1 Å². The Morgan fingerprint density at radius 2 is 1.80 bits per heavy atom. The third-order valence-electron chi connectivity index (χ3n) is 7.05. The summed E-state index contributed by atoms with van der Waals surface area (Å²) < 4.78 is 0. The lowest BCUT2D eigenvalue weighted by Gasteiger charge is -2.51. The maximum atomic E-state index is 12.5. The van der Waals surface area contributed by atoms with Crippen molar-refractivity contribution in [3.8, 4) is 0 Å². The van der Waals surface area contributed by atoms with Crippen molar-refractivity contribution in [2.24, 2.45) is 22.7 Å². The molecule has 20 heavy (non-hydrogen) atoms. The van der Waals surface area contributed by atoms with E-state index in [0.717, 1.165) is 19.3 Å². The van der Waals surface area contributed by atoms with Crippen LogP contribution in [0.25, 0.3) is 0 Å². The molecule has 2 bridgehead atoms. The molecular weight excluding hydrogens is 244 g/mol. The Morgan fingerprint density at radius 3 is 2.55 bits per heavy atom. The van der Waals surface area contributed by atoms with Gasteiger partial charge in [0.1, 0.15) is 5.78 Å². The maximum Gasteiger partial charge on any atom is 0.136 e. The SMILES string of the molecule is CC1=C2CC[C@]3(C)CCCC(=O)[C@H]3C[C@H](CC1)C2(C)C. The molecule has 3 atom stereocenters. The summed E-state index contributed by atoms with van der Waals surface area (Å²) in [6.45, 7) is 9.62. The minimum absolute atomic E-state index is 0.285. The number of carbonyl (C=O) groups excluding carboxylic acids is 1. The quantitative estimate of drug-likeness (QED) is 0.548. The summed E-state index contributed by atoms with van der Waals surface area (Å²) in [6.07, 6.45) is 9.40. The highest BCUT2D eigenvalue weighted by molar-refractivity contribution is 5.82. The molecule has 0 spiro atoms. The summed E-state index contributed by atoms with van der Waals surface area (Å²) in [5, 5.41) is 0. The predicted molar refractivity (Wildman–Crippen MR) is 83.5 cm³/mol. The van der Waals surface area contributed by atoms with Crippen LogP contribution in [0.3, 0.4) is 0 Å². The van der Waals surface area contributed by atoms with Crippen molar-refractivity contribution >= 4 is 5.78 Å². The van der Waals surface area contributed by atoms with Gasteiger partial charge in [-0.3, -0.25) is 4.79 Å². The van der Waals surface area contributed by atoms with Crippen LogP contribution in [0.5, 0.6) is 0 Å². The summed E-state index contributed by atoms with van der Waals surface area (Å²) in [5.41, 5.74) is 3.98. The number of hydrogen-bond donors (Lipinski definition) is 0. The fourth-order valence-electron chi connectivity index (χ4n) is 5.46. The van der Waals surface area contributed by atoms with E-state index in [1.807, 2.05) is 0 Å². The largest absolute Gasteiger partial charge is 0.299 e. The fraction of sp³-hybridized carbons (Fsp3) is 0.842. The first-order valence-corrected chi connectivity index (χ1v) is 8.56. The van der Waals surface area contributed by atoms with Crippen LogP contribution in [0.4, 0.5) is 0 Å². The molecule has 0 heterocycles. The minimum atomic E-state index is 0.285. The molecule has 0 saturated heterocycles. The fourth-order valence-corrected chi connectivity index (χ4v) is 5.46. The lowest BCUT2D eigenvalue weighted by molar-refractivity contribution is -0.132. The highest BCUT2D eigenvalue weighted by Crippen LogP contribution is 2.56. The Morgan fingerprint density at radius 1 is 1.05 bits per heavy atom. The van der Waals surface area contributed by atoms with Gasteiger partial charge in [-0.15, -0.1) is 0 Å². The van der Waals surface area contributed by atoms with E-state index in [4.69, 9.17) is 0 Å². The van der Waals surface area contributed by atoms with Crippen molar-refractivity contribution in [1.29, 1.82) is 0 Å². The third kappa shape index (κ3) is 2.09. The molecule has 2 saturated carbocycles. The molecule has 3 aliphatic carbocycles. The van der Waals surface area contributed by atoms with Gasteiger partial charge in [-0.1, -0.05) is 31.9 Å². The molecule has 1 nitrogen and oxygen atoms in total. The Labute approximate surface area is 124 Å². The lowest BCUT2D eigenvalue weighted by atomic mass is 9.53. The number of carbonyl (C=O) groups is 1. The van der Waals surface area contributed by atoms with E-state index in [1.54, 1.807) is 11.1 Å². The van der Waals surface area contributed by atoms with Crippen LogP contribution in [0.15, 0.2) is 11.1 Å². The van der Waals surface area contributed by atoms with Gasteiger partial charge in [-0.2, -0.15) is 0 Å². The van der Waals surface area contributed by atoms with Crippen molar-refractivity contribution in [3.63, 3.8) is 0 Å². The van der Waals surface area contributed by atoms with E-state index < -0.39 is 0 Å². The van der Waals surface area contributed by atoms with Crippen molar-refractivity contribution in [2.75, 3.05) is 0 Å². The number of Topliss-reactive ketones (excluding diaryl/α,β-unsaturated/α-hetero) is 1. The molecule has 2 fully saturated rings. The minimum Gasteiger partial charge on any atom is -0.299 e. The smallest absolute Gasteiger partial charge is 0.136 e. The van der Waals surface area contributed by atoms with Crippen molar-refractivity contribution in [1.82, 2.24) is 0 Å². The van der Waals surface area contributed by atoms with Gasteiger partial charge in [0, 0.05) is 12.3 Å². The average molecular weight is 274 g/mol. The van der Waals surface area contributed by atoms with Gasteiger partial charge in [-0.05, 0) is 68.6 Å².